The number of imidazole rings is 1. The number of pyridine rings is 1. The molecule has 1 aliphatic carbocycles. The second kappa shape index (κ2) is 9.08. The molecule has 10 nitrogen and oxygen atoms in total. The summed E-state index contributed by atoms with van der Waals surface area (Å²) in [5.74, 6) is 0.452. The van der Waals surface area contributed by atoms with Crippen LogP contribution >= 0.6 is 11.6 Å². The van der Waals surface area contributed by atoms with Crippen molar-refractivity contribution in [3.8, 4) is 11.4 Å². The van der Waals surface area contributed by atoms with Crippen LogP contribution in [0.1, 0.15) is 68.0 Å². The van der Waals surface area contributed by atoms with Crippen LogP contribution < -0.4 is 5.32 Å². The highest BCUT2D eigenvalue weighted by Crippen LogP contribution is 2.58. The lowest BCUT2D eigenvalue weighted by atomic mass is 10.0. The van der Waals surface area contributed by atoms with Crippen LogP contribution in [0.5, 0.6) is 0 Å². The van der Waals surface area contributed by atoms with Crippen LogP contribution in [0.3, 0.4) is 0 Å². The molecule has 1 aromatic carbocycles. The quantitative estimate of drug-likeness (QED) is 0.329. The summed E-state index contributed by atoms with van der Waals surface area (Å²) >= 11 is 6.04. The summed E-state index contributed by atoms with van der Waals surface area (Å²) in [5.41, 5.74) is 2.64. The molecule has 4 heterocycles. The molecule has 2 fully saturated rings. The van der Waals surface area contributed by atoms with Gasteiger partial charge in [-0.2, -0.15) is 4.98 Å². The standard InChI is InChI=1S/C28H29ClN6O4/c1-16-5-6-17(11-19(16)31-24(36)21-14-30-22-12-18(29)7-10-34(21)22)23-32-25(39-33-23)20-13-28(8-9-28)15-35(20)26(37)38-27(2,3)4/h5-7,10-12,14,20H,8-9,13,15H2,1-4H3,(H,31,36)/t20-/m0/s1. The molecule has 0 bridgehead atoms. The van der Waals surface area contributed by atoms with E-state index in [1.807, 2.05) is 45.9 Å². The second-order valence-corrected chi connectivity index (χ2v) is 11.9. The van der Waals surface area contributed by atoms with Crippen molar-refractivity contribution in [1.82, 2.24) is 24.4 Å². The first-order chi connectivity index (χ1) is 18.5. The van der Waals surface area contributed by atoms with Gasteiger partial charge in [0.1, 0.15) is 23.0 Å². The maximum absolute atomic E-state index is 13.1. The zero-order valence-electron chi connectivity index (χ0n) is 22.2. The number of carbonyl (C=O) groups is 2. The van der Waals surface area contributed by atoms with Crippen molar-refractivity contribution in [2.45, 2.75) is 58.6 Å². The van der Waals surface area contributed by atoms with Gasteiger partial charge in [0.05, 0.1) is 6.20 Å². The number of aromatic nitrogens is 4. The minimum Gasteiger partial charge on any atom is -0.444 e. The molecule has 2 amide bonds. The minimum atomic E-state index is -0.597. The van der Waals surface area contributed by atoms with Crippen LogP contribution in [-0.4, -0.2) is 48.6 Å². The van der Waals surface area contributed by atoms with Crippen molar-refractivity contribution in [3.05, 3.63) is 64.9 Å². The first kappa shape index (κ1) is 25.4. The van der Waals surface area contributed by atoms with E-state index in [2.05, 4.69) is 20.4 Å². The molecule has 4 aromatic rings. The predicted octanol–water partition coefficient (Wildman–Crippen LogP) is 6.06. The Kier molecular flexibility index (Phi) is 5.91. The van der Waals surface area contributed by atoms with Gasteiger partial charge in [0.15, 0.2) is 0 Å². The Bertz CT molecular complexity index is 1600. The average Bonchev–Trinajstić information content (AvgIpc) is 3.21. The van der Waals surface area contributed by atoms with E-state index in [-0.39, 0.29) is 23.5 Å². The van der Waals surface area contributed by atoms with Crippen molar-refractivity contribution in [3.63, 3.8) is 0 Å². The first-order valence-corrected chi connectivity index (χ1v) is 13.3. The third kappa shape index (κ3) is 4.96. The number of hydrogen-bond donors (Lipinski definition) is 1. The van der Waals surface area contributed by atoms with Gasteiger partial charge in [0.2, 0.25) is 11.7 Å². The number of aryl methyl sites for hydroxylation is 1. The fraction of sp³-hybridized carbons (Fsp3) is 0.393. The molecule has 0 radical (unpaired) electrons. The Morgan fingerprint density at radius 3 is 2.74 bits per heavy atom. The number of fused-ring (bicyclic) bond motifs is 1. The van der Waals surface area contributed by atoms with Crippen LogP contribution in [0.25, 0.3) is 17.0 Å². The number of benzene rings is 1. The molecular formula is C28H29ClN6O4. The molecule has 1 atom stereocenters. The molecule has 202 valence electrons. The normalized spacial score (nSPS) is 18.1. The number of likely N-dealkylation sites (tertiary alicyclic amines) is 1. The Hall–Kier alpha value is -3.92. The molecule has 1 aliphatic heterocycles. The number of amides is 2. The SMILES string of the molecule is Cc1ccc(-c2noc([C@@H]3CC4(CC4)CN3C(=O)OC(C)(C)C)n2)cc1NC(=O)c1cnc2cc(Cl)ccn12. The van der Waals surface area contributed by atoms with Gasteiger partial charge in [-0.3, -0.25) is 14.1 Å². The smallest absolute Gasteiger partial charge is 0.410 e. The molecule has 1 spiro atoms. The van der Waals surface area contributed by atoms with Gasteiger partial charge in [-0.25, -0.2) is 9.78 Å². The van der Waals surface area contributed by atoms with Crippen LogP contribution in [0, 0.1) is 12.3 Å². The molecule has 1 saturated carbocycles. The molecule has 0 unspecified atom stereocenters. The zero-order valence-corrected chi connectivity index (χ0v) is 23.0. The lowest BCUT2D eigenvalue weighted by molar-refractivity contribution is 0.0193. The van der Waals surface area contributed by atoms with Crippen molar-refractivity contribution in [2.24, 2.45) is 5.41 Å². The average molecular weight is 549 g/mol. The summed E-state index contributed by atoms with van der Waals surface area (Å²) in [6.45, 7) is 8.09. The summed E-state index contributed by atoms with van der Waals surface area (Å²) in [6, 6.07) is 8.63. The van der Waals surface area contributed by atoms with E-state index in [0.717, 1.165) is 24.8 Å². The summed E-state index contributed by atoms with van der Waals surface area (Å²) < 4.78 is 13.0. The van der Waals surface area contributed by atoms with E-state index in [1.54, 1.807) is 27.6 Å². The van der Waals surface area contributed by atoms with Crippen molar-refractivity contribution < 1.29 is 18.8 Å². The molecule has 39 heavy (non-hydrogen) atoms. The van der Waals surface area contributed by atoms with Gasteiger partial charge >= 0.3 is 6.09 Å². The predicted molar refractivity (Wildman–Crippen MR) is 145 cm³/mol. The summed E-state index contributed by atoms with van der Waals surface area (Å²) in [4.78, 5) is 36.8. The monoisotopic (exact) mass is 548 g/mol. The summed E-state index contributed by atoms with van der Waals surface area (Å²) in [7, 11) is 0. The van der Waals surface area contributed by atoms with Crippen molar-refractivity contribution in [1.29, 1.82) is 0 Å². The van der Waals surface area contributed by atoms with E-state index in [4.69, 9.17) is 20.9 Å². The van der Waals surface area contributed by atoms with Crippen molar-refractivity contribution >= 4 is 34.9 Å². The van der Waals surface area contributed by atoms with E-state index in [0.29, 0.717) is 45.9 Å². The highest BCUT2D eigenvalue weighted by Gasteiger charge is 2.55. The lowest BCUT2D eigenvalue weighted by Gasteiger charge is -2.27. The number of carbonyl (C=O) groups excluding carboxylic acids is 2. The van der Waals surface area contributed by atoms with Gasteiger partial charge in [0, 0.05) is 35.1 Å². The number of rotatable bonds is 4. The molecule has 1 N–H and O–H groups in total. The van der Waals surface area contributed by atoms with Gasteiger partial charge in [-0.1, -0.05) is 28.9 Å². The van der Waals surface area contributed by atoms with Crippen LogP contribution in [0.4, 0.5) is 10.5 Å². The fourth-order valence-electron chi connectivity index (χ4n) is 5.02. The van der Waals surface area contributed by atoms with Gasteiger partial charge in [0.25, 0.3) is 5.91 Å². The van der Waals surface area contributed by atoms with E-state index < -0.39 is 5.60 Å². The number of nitrogens with zero attached hydrogens (tertiary/aromatic N) is 5. The Morgan fingerprint density at radius 2 is 2.00 bits per heavy atom. The Morgan fingerprint density at radius 1 is 1.21 bits per heavy atom. The summed E-state index contributed by atoms with van der Waals surface area (Å²) in [6.07, 6.45) is 5.77. The second-order valence-electron chi connectivity index (χ2n) is 11.5. The third-order valence-electron chi connectivity index (χ3n) is 7.27. The zero-order chi connectivity index (χ0) is 27.5. The van der Waals surface area contributed by atoms with Crippen LogP contribution in [0.15, 0.2) is 47.2 Å². The van der Waals surface area contributed by atoms with E-state index >= 15 is 0 Å². The number of nitrogens with one attached hydrogen (secondary N) is 1. The third-order valence-corrected chi connectivity index (χ3v) is 7.51. The summed E-state index contributed by atoms with van der Waals surface area (Å²) in [5, 5.41) is 7.72. The largest absolute Gasteiger partial charge is 0.444 e. The fourth-order valence-corrected chi connectivity index (χ4v) is 5.18. The Balaban J connectivity index is 1.24. The number of ether oxygens (including phenoxy) is 1. The molecule has 2 aliphatic rings. The molecule has 3 aromatic heterocycles. The Labute approximate surface area is 230 Å². The number of anilines is 1. The lowest BCUT2D eigenvalue weighted by Crippen LogP contribution is -2.37. The highest BCUT2D eigenvalue weighted by molar-refractivity contribution is 6.30. The maximum atomic E-state index is 13.1. The van der Waals surface area contributed by atoms with E-state index in [9.17, 15) is 9.59 Å². The first-order valence-electron chi connectivity index (χ1n) is 12.9. The van der Waals surface area contributed by atoms with E-state index in [1.165, 1.54) is 6.20 Å². The van der Waals surface area contributed by atoms with Gasteiger partial charge < -0.3 is 14.6 Å². The van der Waals surface area contributed by atoms with Crippen LogP contribution in [0.2, 0.25) is 5.02 Å². The molecule has 1 saturated heterocycles. The number of halogens is 1. The molecule has 6 rings (SSSR count). The molecular weight excluding hydrogens is 520 g/mol. The maximum Gasteiger partial charge on any atom is 0.410 e. The topological polar surface area (TPSA) is 115 Å². The minimum absolute atomic E-state index is 0.112. The van der Waals surface area contributed by atoms with Gasteiger partial charge in [-0.15, -0.1) is 0 Å². The highest BCUT2D eigenvalue weighted by atomic mass is 35.5. The number of hydrogen-bond acceptors (Lipinski definition) is 7. The van der Waals surface area contributed by atoms with Gasteiger partial charge in [-0.05, 0) is 70.1 Å². The molecule has 11 heteroatoms. The van der Waals surface area contributed by atoms with Crippen molar-refractivity contribution in [2.75, 3.05) is 11.9 Å². The van der Waals surface area contributed by atoms with Crippen LogP contribution in [-0.2, 0) is 4.74 Å².